The molecule has 10 heteroatoms. The van der Waals surface area contributed by atoms with E-state index < -0.39 is 27.5 Å². The van der Waals surface area contributed by atoms with Gasteiger partial charge in [-0.15, -0.1) is 0 Å². The second-order valence-electron chi connectivity index (χ2n) is 6.66. The summed E-state index contributed by atoms with van der Waals surface area (Å²) in [4.78, 5) is 28.1. The number of carbonyl (C=O) groups is 2. The van der Waals surface area contributed by atoms with Gasteiger partial charge in [0.05, 0.1) is 0 Å². The summed E-state index contributed by atoms with van der Waals surface area (Å²) in [6.45, 7) is 1.99. The quantitative estimate of drug-likeness (QED) is 0.692. The van der Waals surface area contributed by atoms with Crippen LogP contribution in [-0.4, -0.2) is 78.8 Å². The maximum Gasteiger partial charge on any atom is 0.410 e. The van der Waals surface area contributed by atoms with E-state index in [1.54, 1.807) is 17.0 Å². The van der Waals surface area contributed by atoms with Gasteiger partial charge in [0.15, 0.2) is 0 Å². The Balaban J connectivity index is 1.72. The van der Waals surface area contributed by atoms with Crippen LogP contribution in [-0.2, 0) is 26.3 Å². The lowest BCUT2D eigenvalue weighted by molar-refractivity contribution is -0.136. The summed E-state index contributed by atoms with van der Waals surface area (Å²) in [6.07, 6.45) is -0.902. The molecule has 0 unspecified atom stereocenters. The molecule has 27 heavy (non-hydrogen) atoms. The highest BCUT2D eigenvalue weighted by Crippen LogP contribution is 2.26. The third-order valence-electron chi connectivity index (χ3n) is 4.84. The molecule has 3 rings (SSSR count). The first-order chi connectivity index (χ1) is 12.9. The molecule has 0 radical (unpaired) electrons. The van der Waals surface area contributed by atoms with E-state index in [1.807, 2.05) is 18.2 Å². The molecule has 1 aromatic carbocycles. The van der Waals surface area contributed by atoms with Gasteiger partial charge >= 0.3 is 6.09 Å². The van der Waals surface area contributed by atoms with Crippen molar-refractivity contribution in [3.63, 3.8) is 0 Å². The molecule has 0 saturated carbocycles. The lowest BCUT2D eigenvalue weighted by Crippen LogP contribution is -2.53. The fourth-order valence-electron chi connectivity index (χ4n) is 3.35. The third kappa shape index (κ3) is 4.76. The molecule has 1 aromatic rings. The van der Waals surface area contributed by atoms with Gasteiger partial charge < -0.3 is 15.0 Å². The second kappa shape index (κ2) is 8.24. The Labute approximate surface area is 158 Å². The normalized spacial score (nSPS) is 23.3. The molecule has 2 N–H and O–H groups in total. The molecule has 2 atom stereocenters. The van der Waals surface area contributed by atoms with Crippen molar-refractivity contribution in [3.8, 4) is 0 Å². The highest BCUT2D eigenvalue weighted by atomic mass is 32.2. The summed E-state index contributed by atoms with van der Waals surface area (Å²) in [5.74, 6) is -0.320. The Hall–Kier alpha value is -2.17. The van der Waals surface area contributed by atoms with Crippen molar-refractivity contribution in [2.45, 2.75) is 24.3 Å². The number of carbonyl (C=O) groups excluding carboxylic acids is 2. The van der Waals surface area contributed by atoms with E-state index in [1.165, 1.54) is 0 Å². The molecule has 0 aromatic heterocycles. The highest BCUT2D eigenvalue weighted by molar-refractivity contribution is 7.86. The Bertz CT molecular complexity index is 779. The predicted octanol–water partition coefficient (Wildman–Crippen LogP) is 0.0857. The predicted molar refractivity (Wildman–Crippen MR) is 96.5 cm³/mol. The number of hydrogen-bond donors (Lipinski definition) is 2. The van der Waals surface area contributed by atoms with Crippen molar-refractivity contribution in [2.24, 2.45) is 0 Å². The van der Waals surface area contributed by atoms with Gasteiger partial charge in [0, 0.05) is 32.7 Å². The third-order valence-corrected chi connectivity index (χ3v) is 6.02. The van der Waals surface area contributed by atoms with E-state index in [-0.39, 0.29) is 25.5 Å². The minimum Gasteiger partial charge on any atom is -0.445 e. The summed E-state index contributed by atoms with van der Waals surface area (Å²) in [5, 5.41) is 1.93. The zero-order valence-electron chi connectivity index (χ0n) is 14.8. The smallest absolute Gasteiger partial charge is 0.410 e. The molecular formula is C17H23N3O6S. The largest absolute Gasteiger partial charge is 0.445 e. The first-order valence-corrected chi connectivity index (χ1v) is 10.3. The topological polar surface area (TPSA) is 116 Å². The molecule has 148 valence electrons. The van der Waals surface area contributed by atoms with Crippen LogP contribution in [0.15, 0.2) is 30.3 Å². The van der Waals surface area contributed by atoms with Crippen LogP contribution >= 0.6 is 0 Å². The molecule has 2 heterocycles. The van der Waals surface area contributed by atoms with Gasteiger partial charge in [-0.1, -0.05) is 30.3 Å². The van der Waals surface area contributed by atoms with Gasteiger partial charge in [0.2, 0.25) is 5.91 Å². The van der Waals surface area contributed by atoms with Crippen LogP contribution in [0.5, 0.6) is 0 Å². The van der Waals surface area contributed by atoms with Gasteiger partial charge in [-0.05, 0) is 12.0 Å². The van der Waals surface area contributed by atoms with Crippen molar-refractivity contribution in [2.75, 3.05) is 32.7 Å². The number of likely N-dealkylation sites (tertiary alicyclic amines) is 1. The van der Waals surface area contributed by atoms with Gasteiger partial charge in [0.1, 0.15) is 17.9 Å². The van der Waals surface area contributed by atoms with Crippen molar-refractivity contribution >= 4 is 22.1 Å². The zero-order valence-corrected chi connectivity index (χ0v) is 15.6. The molecule has 2 aliphatic rings. The van der Waals surface area contributed by atoms with Crippen molar-refractivity contribution in [3.05, 3.63) is 35.9 Å². The number of piperazine rings is 1. The van der Waals surface area contributed by atoms with Gasteiger partial charge in [-0.25, -0.2) is 4.79 Å². The summed E-state index contributed by atoms with van der Waals surface area (Å²) >= 11 is 0. The van der Waals surface area contributed by atoms with Crippen LogP contribution in [0.1, 0.15) is 12.0 Å². The van der Waals surface area contributed by atoms with Crippen LogP contribution < -0.4 is 5.32 Å². The molecule has 2 fully saturated rings. The second-order valence-corrected chi connectivity index (χ2v) is 8.35. The van der Waals surface area contributed by atoms with Crippen molar-refractivity contribution < 1.29 is 27.3 Å². The van der Waals surface area contributed by atoms with Crippen LogP contribution in [0.4, 0.5) is 4.79 Å². The van der Waals surface area contributed by atoms with E-state index >= 15 is 0 Å². The number of ether oxygens (including phenoxy) is 1. The lowest BCUT2D eigenvalue weighted by atomic mass is 10.1. The number of hydrogen-bond acceptors (Lipinski definition) is 6. The Morgan fingerprint density at radius 3 is 2.48 bits per heavy atom. The highest BCUT2D eigenvalue weighted by Gasteiger charge is 2.46. The molecule has 2 aliphatic heterocycles. The zero-order chi connectivity index (χ0) is 19.4. The lowest BCUT2D eigenvalue weighted by Gasteiger charge is -2.32. The fraction of sp³-hybridized carbons (Fsp3) is 0.529. The van der Waals surface area contributed by atoms with Gasteiger partial charge in [0.25, 0.3) is 10.1 Å². The summed E-state index contributed by atoms with van der Waals surface area (Å²) < 4.78 is 37.8. The summed E-state index contributed by atoms with van der Waals surface area (Å²) in [6, 6.07) is 8.08. The number of nitrogens with zero attached hydrogens (tertiary/aromatic N) is 2. The first-order valence-electron chi connectivity index (χ1n) is 8.79. The maximum atomic E-state index is 12.8. The van der Waals surface area contributed by atoms with Gasteiger partial charge in [-0.2, -0.15) is 8.42 Å². The van der Waals surface area contributed by atoms with Crippen LogP contribution in [0, 0.1) is 0 Å². The van der Waals surface area contributed by atoms with E-state index in [2.05, 4.69) is 5.32 Å². The molecule has 2 amide bonds. The van der Waals surface area contributed by atoms with E-state index in [9.17, 15) is 22.6 Å². The molecule has 0 spiro atoms. The molecular weight excluding hydrogens is 374 g/mol. The molecule has 2 saturated heterocycles. The standard InChI is InChI=1S/C17H23N3O6S/c21-16(19-8-6-18-7-9-19)15-10-14(27(23,24)25)11-20(15)17(22)26-12-13-4-2-1-3-5-13/h1-5,14-15,18H,6-12H2,(H,23,24,25)/t14-,15+/m1/s1. The van der Waals surface area contributed by atoms with Crippen LogP contribution in [0.25, 0.3) is 0 Å². The van der Waals surface area contributed by atoms with Crippen LogP contribution in [0.3, 0.4) is 0 Å². The van der Waals surface area contributed by atoms with Crippen molar-refractivity contribution in [1.82, 2.24) is 15.1 Å². The first kappa shape index (κ1) is 19.6. The molecule has 0 bridgehead atoms. The van der Waals surface area contributed by atoms with E-state index in [0.29, 0.717) is 26.2 Å². The Morgan fingerprint density at radius 1 is 1.19 bits per heavy atom. The Morgan fingerprint density at radius 2 is 1.85 bits per heavy atom. The average Bonchev–Trinajstić information content (AvgIpc) is 3.13. The maximum absolute atomic E-state index is 12.8. The minimum absolute atomic E-state index is 0.0151. The van der Waals surface area contributed by atoms with Crippen LogP contribution in [0.2, 0.25) is 0 Å². The minimum atomic E-state index is -4.37. The number of amides is 2. The monoisotopic (exact) mass is 397 g/mol. The number of benzene rings is 1. The van der Waals surface area contributed by atoms with E-state index in [0.717, 1.165) is 10.5 Å². The van der Waals surface area contributed by atoms with Crippen molar-refractivity contribution in [1.29, 1.82) is 0 Å². The SMILES string of the molecule is O=C([C@@H]1C[C@@H](S(=O)(=O)O)CN1C(=O)OCc1ccccc1)N1CCNCC1. The summed E-state index contributed by atoms with van der Waals surface area (Å²) in [5.41, 5.74) is 0.779. The fourth-order valence-corrected chi connectivity index (χ4v) is 4.12. The molecule has 0 aliphatic carbocycles. The van der Waals surface area contributed by atoms with E-state index in [4.69, 9.17) is 4.74 Å². The molecule has 9 nitrogen and oxygen atoms in total. The number of rotatable bonds is 4. The van der Waals surface area contributed by atoms with Gasteiger partial charge in [-0.3, -0.25) is 14.2 Å². The summed E-state index contributed by atoms with van der Waals surface area (Å²) in [7, 11) is -4.37. The number of nitrogens with one attached hydrogen (secondary N) is 1. The average molecular weight is 397 g/mol. The Kier molecular flexibility index (Phi) is 5.98.